The standard InChI is InChI=1S/C12H15N5O/c13-5-10-6-16-11(7-15-10)17-9-3-1-8(2-4-9)12(14)18/h6-9H,1-4H2,(H2,14,18)(H,16,17). The van der Waals surface area contributed by atoms with E-state index in [0.29, 0.717) is 17.6 Å². The molecule has 18 heavy (non-hydrogen) atoms. The fourth-order valence-electron chi connectivity index (χ4n) is 2.19. The Kier molecular flexibility index (Phi) is 3.72. The molecule has 2 rings (SSSR count). The van der Waals surface area contributed by atoms with Crippen molar-refractivity contribution in [3.05, 3.63) is 18.1 Å². The van der Waals surface area contributed by atoms with Gasteiger partial charge in [0.15, 0.2) is 5.69 Å². The molecular weight excluding hydrogens is 230 g/mol. The molecule has 1 aliphatic rings. The van der Waals surface area contributed by atoms with Crippen molar-refractivity contribution in [3.8, 4) is 6.07 Å². The summed E-state index contributed by atoms with van der Waals surface area (Å²) in [5.74, 6) is 0.471. The Labute approximate surface area is 105 Å². The Bertz CT molecular complexity index is 456. The Morgan fingerprint density at radius 3 is 2.56 bits per heavy atom. The SMILES string of the molecule is N#Cc1cnc(NC2CCC(C(N)=O)CC2)cn1. The summed E-state index contributed by atoms with van der Waals surface area (Å²) in [6, 6.07) is 2.22. The molecule has 1 aliphatic carbocycles. The van der Waals surface area contributed by atoms with Crippen LogP contribution in [0.3, 0.4) is 0 Å². The lowest BCUT2D eigenvalue weighted by molar-refractivity contribution is -0.122. The summed E-state index contributed by atoms with van der Waals surface area (Å²) in [6.07, 6.45) is 6.42. The van der Waals surface area contributed by atoms with Gasteiger partial charge in [0.1, 0.15) is 11.9 Å². The zero-order valence-corrected chi connectivity index (χ0v) is 9.97. The van der Waals surface area contributed by atoms with E-state index in [1.165, 1.54) is 6.20 Å². The van der Waals surface area contributed by atoms with E-state index in [1.807, 2.05) is 6.07 Å². The lowest BCUT2D eigenvalue weighted by atomic mass is 9.85. The highest BCUT2D eigenvalue weighted by Gasteiger charge is 2.24. The van der Waals surface area contributed by atoms with Crippen LogP contribution in [0.15, 0.2) is 12.4 Å². The average molecular weight is 245 g/mol. The number of hydrogen-bond donors (Lipinski definition) is 2. The van der Waals surface area contributed by atoms with Gasteiger partial charge in [-0.15, -0.1) is 0 Å². The molecule has 0 aromatic carbocycles. The molecule has 3 N–H and O–H groups in total. The maximum atomic E-state index is 11.0. The van der Waals surface area contributed by atoms with Gasteiger partial charge in [0.25, 0.3) is 0 Å². The van der Waals surface area contributed by atoms with Gasteiger partial charge >= 0.3 is 0 Å². The summed E-state index contributed by atoms with van der Waals surface area (Å²) >= 11 is 0. The van der Waals surface area contributed by atoms with E-state index in [1.54, 1.807) is 6.20 Å². The van der Waals surface area contributed by atoms with Crippen molar-refractivity contribution in [2.45, 2.75) is 31.7 Å². The molecule has 0 spiro atoms. The average Bonchev–Trinajstić information content (AvgIpc) is 2.40. The van der Waals surface area contributed by atoms with Crippen molar-refractivity contribution < 1.29 is 4.79 Å². The fourth-order valence-corrected chi connectivity index (χ4v) is 2.19. The smallest absolute Gasteiger partial charge is 0.220 e. The van der Waals surface area contributed by atoms with Crippen LogP contribution in [0.1, 0.15) is 31.4 Å². The van der Waals surface area contributed by atoms with Crippen molar-refractivity contribution in [3.63, 3.8) is 0 Å². The molecule has 1 amide bonds. The number of hydrogen-bond acceptors (Lipinski definition) is 5. The van der Waals surface area contributed by atoms with Crippen molar-refractivity contribution >= 4 is 11.7 Å². The number of carbonyl (C=O) groups is 1. The third-order valence-electron chi connectivity index (χ3n) is 3.25. The highest BCUT2D eigenvalue weighted by molar-refractivity contribution is 5.76. The lowest BCUT2D eigenvalue weighted by Crippen LogP contribution is -2.32. The fraction of sp³-hybridized carbons (Fsp3) is 0.500. The van der Waals surface area contributed by atoms with E-state index in [0.717, 1.165) is 25.7 Å². The molecule has 0 atom stereocenters. The minimum absolute atomic E-state index is 0.00935. The Hall–Kier alpha value is -2.16. The van der Waals surface area contributed by atoms with Gasteiger partial charge in [-0.25, -0.2) is 9.97 Å². The second kappa shape index (κ2) is 5.45. The van der Waals surface area contributed by atoms with E-state index < -0.39 is 0 Å². The minimum atomic E-state index is -0.202. The van der Waals surface area contributed by atoms with Crippen LogP contribution < -0.4 is 11.1 Å². The summed E-state index contributed by atoms with van der Waals surface area (Å²) in [6.45, 7) is 0. The first-order valence-corrected chi connectivity index (χ1v) is 5.97. The van der Waals surface area contributed by atoms with Crippen molar-refractivity contribution in [1.82, 2.24) is 9.97 Å². The molecule has 1 saturated carbocycles. The number of aromatic nitrogens is 2. The Morgan fingerprint density at radius 2 is 2.06 bits per heavy atom. The largest absolute Gasteiger partial charge is 0.369 e. The third kappa shape index (κ3) is 2.94. The van der Waals surface area contributed by atoms with E-state index in [-0.39, 0.29) is 11.8 Å². The van der Waals surface area contributed by atoms with Gasteiger partial charge in [-0.1, -0.05) is 0 Å². The van der Waals surface area contributed by atoms with E-state index >= 15 is 0 Å². The van der Waals surface area contributed by atoms with Crippen LogP contribution in [0, 0.1) is 17.2 Å². The number of anilines is 1. The Balaban J connectivity index is 1.87. The van der Waals surface area contributed by atoms with Gasteiger partial charge in [-0.05, 0) is 25.7 Å². The lowest BCUT2D eigenvalue weighted by Gasteiger charge is -2.27. The van der Waals surface area contributed by atoms with Gasteiger partial charge in [0.05, 0.1) is 12.4 Å². The molecule has 0 unspecified atom stereocenters. The Morgan fingerprint density at radius 1 is 1.33 bits per heavy atom. The van der Waals surface area contributed by atoms with Crippen molar-refractivity contribution in [2.75, 3.05) is 5.32 Å². The predicted molar refractivity (Wildman–Crippen MR) is 65.3 cm³/mol. The van der Waals surface area contributed by atoms with Crippen LogP contribution in [0.4, 0.5) is 5.82 Å². The number of nitrogens with one attached hydrogen (secondary N) is 1. The summed E-state index contributed by atoms with van der Waals surface area (Å²) in [5, 5.41) is 11.9. The van der Waals surface area contributed by atoms with E-state index in [9.17, 15) is 4.79 Å². The highest BCUT2D eigenvalue weighted by atomic mass is 16.1. The monoisotopic (exact) mass is 245 g/mol. The molecule has 1 heterocycles. The van der Waals surface area contributed by atoms with Gasteiger partial charge in [0.2, 0.25) is 5.91 Å². The second-order valence-electron chi connectivity index (χ2n) is 4.49. The zero-order valence-electron chi connectivity index (χ0n) is 9.97. The number of nitriles is 1. The van der Waals surface area contributed by atoms with Crippen LogP contribution in [0.2, 0.25) is 0 Å². The maximum Gasteiger partial charge on any atom is 0.220 e. The number of amides is 1. The second-order valence-corrected chi connectivity index (χ2v) is 4.49. The summed E-state index contributed by atoms with van der Waals surface area (Å²) in [7, 11) is 0. The molecule has 94 valence electrons. The van der Waals surface area contributed by atoms with Crippen LogP contribution in [0.25, 0.3) is 0 Å². The number of rotatable bonds is 3. The summed E-state index contributed by atoms with van der Waals surface area (Å²) < 4.78 is 0. The molecular formula is C12H15N5O. The molecule has 6 nitrogen and oxygen atoms in total. The van der Waals surface area contributed by atoms with Crippen LogP contribution >= 0.6 is 0 Å². The van der Waals surface area contributed by atoms with Gasteiger partial charge in [-0.3, -0.25) is 4.79 Å². The van der Waals surface area contributed by atoms with E-state index in [4.69, 9.17) is 11.0 Å². The molecule has 0 aliphatic heterocycles. The van der Waals surface area contributed by atoms with Gasteiger partial charge < -0.3 is 11.1 Å². The summed E-state index contributed by atoms with van der Waals surface area (Å²) in [4.78, 5) is 19.1. The van der Waals surface area contributed by atoms with Crippen molar-refractivity contribution in [1.29, 1.82) is 5.26 Å². The number of nitrogens with zero attached hydrogens (tertiary/aromatic N) is 3. The molecule has 1 aromatic heterocycles. The number of nitrogens with two attached hydrogens (primary N) is 1. The molecule has 6 heteroatoms. The molecule has 0 saturated heterocycles. The van der Waals surface area contributed by atoms with Gasteiger partial charge in [0, 0.05) is 12.0 Å². The molecule has 1 aromatic rings. The normalized spacial score (nSPS) is 23.1. The molecule has 0 bridgehead atoms. The first-order valence-electron chi connectivity index (χ1n) is 5.97. The van der Waals surface area contributed by atoms with Crippen molar-refractivity contribution in [2.24, 2.45) is 11.7 Å². The zero-order chi connectivity index (χ0) is 13.0. The maximum absolute atomic E-state index is 11.0. The van der Waals surface area contributed by atoms with E-state index in [2.05, 4.69) is 15.3 Å². The quantitative estimate of drug-likeness (QED) is 0.819. The first kappa shape index (κ1) is 12.3. The minimum Gasteiger partial charge on any atom is -0.369 e. The van der Waals surface area contributed by atoms with Crippen LogP contribution in [-0.2, 0) is 4.79 Å². The number of carbonyl (C=O) groups excluding carboxylic acids is 1. The molecule has 1 fully saturated rings. The topological polar surface area (TPSA) is 105 Å². The van der Waals surface area contributed by atoms with Crippen LogP contribution in [-0.4, -0.2) is 21.9 Å². The predicted octanol–water partition coefficient (Wildman–Crippen LogP) is 0.804. The highest BCUT2D eigenvalue weighted by Crippen LogP contribution is 2.25. The van der Waals surface area contributed by atoms with Crippen LogP contribution in [0.5, 0.6) is 0 Å². The van der Waals surface area contributed by atoms with Gasteiger partial charge in [-0.2, -0.15) is 5.26 Å². The first-order chi connectivity index (χ1) is 8.69. The third-order valence-corrected chi connectivity index (χ3v) is 3.25. The summed E-state index contributed by atoms with van der Waals surface area (Å²) in [5.41, 5.74) is 5.59. The number of primary amides is 1. The molecule has 0 radical (unpaired) electrons.